The van der Waals surface area contributed by atoms with Crippen molar-refractivity contribution < 1.29 is 17.9 Å². The normalized spacial score (nSPS) is 12.1. The molecule has 3 rings (SSSR count). The average molecular weight is 459 g/mol. The number of para-hydroxylation sites is 1. The van der Waals surface area contributed by atoms with E-state index in [0.717, 1.165) is 5.56 Å². The molecule has 0 heterocycles. The molecule has 0 aromatic heterocycles. The summed E-state index contributed by atoms with van der Waals surface area (Å²) < 4.78 is 33.7. The van der Waals surface area contributed by atoms with Crippen molar-refractivity contribution in [2.24, 2.45) is 0 Å². The van der Waals surface area contributed by atoms with Crippen LogP contribution in [0, 0.1) is 6.92 Å². The molecule has 0 radical (unpaired) electrons. The minimum atomic E-state index is -3.81. The average Bonchev–Trinajstić information content (AvgIpc) is 2.75. The Labute approximate surface area is 187 Å². The smallest absolute Gasteiger partial charge is 0.265 e. The monoisotopic (exact) mass is 458 g/mol. The van der Waals surface area contributed by atoms with Gasteiger partial charge in [0.25, 0.3) is 15.9 Å². The van der Waals surface area contributed by atoms with Crippen molar-refractivity contribution in [1.82, 2.24) is 0 Å². The number of rotatable bonds is 8. The van der Waals surface area contributed by atoms with Crippen LogP contribution in [0.2, 0.25) is 5.02 Å². The molecule has 0 saturated heterocycles. The molecule has 0 aliphatic heterocycles. The van der Waals surface area contributed by atoms with E-state index in [1.165, 1.54) is 24.3 Å². The zero-order valence-electron chi connectivity index (χ0n) is 17.1. The molecule has 0 aliphatic carbocycles. The number of ether oxygens (including phenoxy) is 1. The van der Waals surface area contributed by atoms with Crippen LogP contribution < -0.4 is 14.8 Å². The van der Waals surface area contributed by atoms with Gasteiger partial charge in [-0.25, -0.2) is 8.42 Å². The molecule has 0 bridgehead atoms. The zero-order valence-corrected chi connectivity index (χ0v) is 18.7. The molecule has 2 N–H and O–H groups in total. The lowest BCUT2D eigenvalue weighted by molar-refractivity contribution is -0.122. The molecule has 3 aromatic rings. The van der Waals surface area contributed by atoms with E-state index in [-0.39, 0.29) is 10.8 Å². The fraction of sp³-hybridized carbons (Fsp3) is 0.174. The summed E-state index contributed by atoms with van der Waals surface area (Å²) >= 11 is 5.96. The largest absolute Gasteiger partial charge is 0.481 e. The van der Waals surface area contributed by atoms with Gasteiger partial charge in [0.2, 0.25) is 0 Å². The minimum Gasteiger partial charge on any atom is -0.481 e. The number of hydrogen-bond acceptors (Lipinski definition) is 4. The fourth-order valence-electron chi connectivity index (χ4n) is 2.83. The number of amides is 1. The van der Waals surface area contributed by atoms with E-state index in [9.17, 15) is 13.2 Å². The van der Waals surface area contributed by atoms with Gasteiger partial charge in [-0.2, -0.15) is 0 Å². The molecule has 1 atom stereocenters. The van der Waals surface area contributed by atoms with Gasteiger partial charge in [0.1, 0.15) is 5.75 Å². The second-order valence-corrected chi connectivity index (χ2v) is 9.03. The van der Waals surface area contributed by atoms with Crippen LogP contribution in [0.5, 0.6) is 5.75 Å². The Bertz CT molecular complexity index is 1150. The van der Waals surface area contributed by atoms with Crippen LogP contribution in [0.1, 0.15) is 18.9 Å². The molecular weight excluding hydrogens is 436 g/mol. The van der Waals surface area contributed by atoms with Crippen molar-refractivity contribution in [2.45, 2.75) is 31.3 Å². The number of hydrogen-bond donors (Lipinski definition) is 2. The summed E-state index contributed by atoms with van der Waals surface area (Å²) in [6, 6.07) is 20.0. The van der Waals surface area contributed by atoms with Gasteiger partial charge in [-0.3, -0.25) is 9.52 Å². The number of aryl methyl sites for hydroxylation is 1. The van der Waals surface area contributed by atoms with Gasteiger partial charge in [-0.1, -0.05) is 42.8 Å². The van der Waals surface area contributed by atoms with E-state index in [1.54, 1.807) is 37.3 Å². The van der Waals surface area contributed by atoms with Crippen LogP contribution >= 0.6 is 11.6 Å². The summed E-state index contributed by atoms with van der Waals surface area (Å²) in [5, 5.41) is 3.20. The van der Waals surface area contributed by atoms with Crippen molar-refractivity contribution in [2.75, 3.05) is 10.0 Å². The van der Waals surface area contributed by atoms with Crippen molar-refractivity contribution in [3.8, 4) is 5.75 Å². The highest BCUT2D eigenvalue weighted by Gasteiger charge is 2.20. The van der Waals surface area contributed by atoms with Crippen LogP contribution in [0.4, 0.5) is 11.4 Å². The first kappa shape index (κ1) is 22.7. The molecule has 162 valence electrons. The predicted octanol–water partition coefficient (Wildman–Crippen LogP) is 5.25. The Kier molecular flexibility index (Phi) is 7.20. The molecule has 0 unspecified atom stereocenters. The molecule has 1 amide bonds. The molecule has 31 heavy (non-hydrogen) atoms. The Balaban J connectivity index is 1.68. The molecule has 3 aromatic carbocycles. The molecule has 6 nitrogen and oxygen atoms in total. The van der Waals surface area contributed by atoms with Gasteiger partial charge in [0.05, 0.1) is 10.6 Å². The van der Waals surface area contributed by atoms with E-state index < -0.39 is 16.1 Å². The second-order valence-electron chi connectivity index (χ2n) is 6.91. The summed E-state index contributed by atoms with van der Waals surface area (Å²) in [5.74, 6) is 0.294. The molecule has 0 spiro atoms. The van der Waals surface area contributed by atoms with Gasteiger partial charge in [-0.15, -0.1) is 0 Å². The molecule has 8 heteroatoms. The fourth-order valence-corrected chi connectivity index (χ4v) is 4.13. The van der Waals surface area contributed by atoms with Gasteiger partial charge in [0, 0.05) is 10.7 Å². The molecule has 0 saturated carbocycles. The van der Waals surface area contributed by atoms with Gasteiger partial charge in [0.15, 0.2) is 6.10 Å². The van der Waals surface area contributed by atoms with E-state index >= 15 is 0 Å². The maximum atomic E-state index is 12.7. The summed E-state index contributed by atoms with van der Waals surface area (Å²) in [6.07, 6.45) is -0.186. The number of nitrogens with one attached hydrogen (secondary N) is 2. The lowest BCUT2D eigenvalue weighted by Gasteiger charge is -2.17. The Hall–Kier alpha value is -3.03. The van der Waals surface area contributed by atoms with Crippen LogP contribution in [0.25, 0.3) is 0 Å². The third-order valence-electron chi connectivity index (χ3n) is 4.56. The van der Waals surface area contributed by atoms with Crippen molar-refractivity contribution in [3.05, 3.63) is 83.4 Å². The van der Waals surface area contributed by atoms with Crippen molar-refractivity contribution >= 4 is 38.9 Å². The molecule has 0 aliphatic rings. The standard InChI is InChI=1S/C23H23ClN2O4S/c1-3-22(30-19-7-5-4-6-8-19)23(27)25-18-11-13-20(14-12-18)31(28,29)26-21-15-17(24)10-9-16(21)2/h4-15,22,26H,3H2,1-2H3,(H,25,27)/t22-/m1/s1. The predicted molar refractivity (Wildman–Crippen MR) is 123 cm³/mol. The number of benzene rings is 3. The highest BCUT2D eigenvalue weighted by Crippen LogP contribution is 2.24. The highest BCUT2D eigenvalue weighted by molar-refractivity contribution is 7.92. The maximum absolute atomic E-state index is 12.7. The van der Waals surface area contributed by atoms with E-state index in [4.69, 9.17) is 16.3 Å². The number of halogens is 1. The first-order valence-electron chi connectivity index (χ1n) is 9.70. The Morgan fingerprint density at radius 1 is 1.03 bits per heavy atom. The summed E-state index contributed by atoms with van der Waals surface area (Å²) in [6.45, 7) is 3.64. The van der Waals surface area contributed by atoms with Crippen LogP contribution in [0.3, 0.4) is 0 Å². The number of carbonyl (C=O) groups is 1. The number of anilines is 2. The van der Waals surface area contributed by atoms with Crippen molar-refractivity contribution in [3.63, 3.8) is 0 Å². The summed E-state index contributed by atoms with van der Waals surface area (Å²) in [4.78, 5) is 12.6. The zero-order chi connectivity index (χ0) is 22.4. The SMILES string of the molecule is CC[C@@H](Oc1ccccc1)C(=O)Nc1ccc(S(=O)(=O)Nc2cc(Cl)ccc2C)cc1. The van der Waals surface area contributed by atoms with Crippen LogP contribution in [-0.2, 0) is 14.8 Å². The first-order valence-corrected chi connectivity index (χ1v) is 11.6. The molecular formula is C23H23ClN2O4S. The highest BCUT2D eigenvalue weighted by atomic mass is 35.5. The Morgan fingerprint density at radius 3 is 2.35 bits per heavy atom. The van der Waals surface area contributed by atoms with Gasteiger partial charge < -0.3 is 10.1 Å². The van der Waals surface area contributed by atoms with E-state index in [2.05, 4.69) is 10.0 Å². The third-order valence-corrected chi connectivity index (χ3v) is 6.18. The minimum absolute atomic E-state index is 0.0671. The molecule has 0 fully saturated rings. The van der Waals surface area contributed by atoms with Gasteiger partial charge in [-0.05, 0) is 67.4 Å². The quantitative estimate of drug-likeness (QED) is 0.483. The van der Waals surface area contributed by atoms with Crippen LogP contribution in [-0.4, -0.2) is 20.4 Å². The maximum Gasteiger partial charge on any atom is 0.265 e. The van der Waals surface area contributed by atoms with Crippen molar-refractivity contribution in [1.29, 1.82) is 0 Å². The second kappa shape index (κ2) is 9.85. The topological polar surface area (TPSA) is 84.5 Å². The number of sulfonamides is 1. The van der Waals surface area contributed by atoms with E-state index in [0.29, 0.717) is 28.6 Å². The lowest BCUT2D eigenvalue weighted by atomic mass is 10.2. The first-order chi connectivity index (χ1) is 14.8. The number of carbonyl (C=O) groups excluding carboxylic acids is 1. The third kappa shape index (κ3) is 5.99. The summed E-state index contributed by atoms with van der Waals surface area (Å²) in [5.41, 5.74) is 1.63. The van der Waals surface area contributed by atoms with Crippen LogP contribution in [0.15, 0.2) is 77.7 Å². The van der Waals surface area contributed by atoms with Gasteiger partial charge >= 0.3 is 0 Å². The summed E-state index contributed by atoms with van der Waals surface area (Å²) in [7, 11) is -3.81. The lowest BCUT2D eigenvalue weighted by Crippen LogP contribution is -2.32. The Morgan fingerprint density at radius 2 is 1.71 bits per heavy atom. The van der Waals surface area contributed by atoms with E-state index in [1.807, 2.05) is 25.1 Å².